The Morgan fingerprint density at radius 3 is 1.36 bits per heavy atom. The second-order valence-electron chi connectivity index (χ2n) is 4.62. The van der Waals surface area contributed by atoms with Crippen LogP contribution in [0, 0.1) is 22.7 Å². The van der Waals surface area contributed by atoms with Crippen molar-refractivity contribution in [2.24, 2.45) is 10.3 Å². The Labute approximate surface area is 145 Å². The standard InChI is InChI=1S/C18H14N4O3/c1-23-21-17(11-19)13-3-7-15(8-4-13)25-16-9-5-14(6-10-16)18(12-20)22-24-2/h3-10H,1-2H3. The lowest BCUT2D eigenvalue weighted by molar-refractivity contribution is 0.214. The van der Waals surface area contributed by atoms with Gasteiger partial charge < -0.3 is 14.4 Å². The SMILES string of the molecule is CON=C(C#N)c1ccc(Oc2ccc(C(C#N)=NOC)cc2)cc1. The zero-order valence-corrected chi connectivity index (χ0v) is 13.6. The summed E-state index contributed by atoms with van der Waals surface area (Å²) in [5.74, 6) is 1.19. The number of rotatable bonds is 6. The molecule has 0 heterocycles. The van der Waals surface area contributed by atoms with Crippen LogP contribution in [-0.2, 0) is 9.68 Å². The summed E-state index contributed by atoms with van der Waals surface area (Å²) in [6.45, 7) is 0. The minimum Gasteiger partial charge on any atom is -0.457 e. The van der Waals surface area contributed by atoms with Crippen molar-refractivity contribution in [3.8, 4) is 23.6 Å². The summed E-state index contributed by atoms with van der Waals surface area (Å²) in [5.41, 5.74) is 1.61. The van der Waals surface area contributed by atoms with Crippen molar-refractivity contribution in [1.29, 1.82) is 10.5 Å². The largest absolute Gasteiger partial charge is 0.457 e. The van der Waals surface area contributed by atoms with Gasteiger partial charge >= 0.3 is 0 Å². The van der Waals surface area contributed by atoms with Crippen molar-refractivity contribution < 1.29 is 14.4 Å². The van der Waals surface area contributed by atoms with Crippen LogP contribution in [0.2, 0.25) is 0 Å². The molecule has 2 rings (SSSR count). The molecule has 0 aromatic heterocycles. The van der Waals surface area contributed by atoms with Crippen LogP contribution in [0.1, 0.15) is 11.1 Å². The van der Waals surface area contributed by atoms with Gasteiger partial charge in [0.2, 0.25) is 0 Å². The second-order valence-corrected chi connectivity index (χ2v) is 4.62. The topological polar surface area (TPSA) is 100.0 Å². The van der Waals surface area contributed by atoms with E-state index in [2.05, 4.69) is 20.0 Å². The Morgan fingerprint density at radius 1 is 0.720 bits per heavy atom. The molecule has 0 aliphatic rings. The first kappa shape index (κ1) is 17.5. The van der Waals surface area contributed by atoms with E-state index in [0.29, 0.717) is 22.6 Å². The van der Waals surface area contributed by atoms with Gasteiger partial charge in [0.25, 0.3) is 0 Å². The fourth-order valence-electron chi connectivity index (χ4n) is 1.96. The van der Waals surface area contributed by atoms with Crippen molar-refractivity contribution in [3.63, 3.8) is 0 Å². The molecule has 7 heteroatoms. The molecule has 25 heavy (non-hydrogen) atoms. The Hall–Kier alpha value is -3.84. The summed E-state index contributed by atoms with van der Waals surface area (Å²) in [4.78, 5) is 9.25. The third-order valence-electron chi connectivity index (χ3n) is 3.07. The Morgan fingerprint density at radius 2 is 1.08 bits per heavy atom. The molecule has 0 aliphatic heterocycles. The van der Waals surface area contributed by atoms with Gasteiger partial charge in [-0.3, -0.25) is 0 Å². The first-order chi connectivity index (χ1) is 12.2. The molecule has 0 unspecified atom stereocenters. The number of oxime groups is 2. The van der Waals surface area contributed by atoms with Crippen LogP contribution >= 0.6 is 0 Å². The number of hydrogen-bond acceptors (Lipinski definition) is 7. The fourth-order valence-corrected chi connectivity index (χ4v) is 1.96. The highest BCUT2D eigenvalue weighted by molar-refractivity contribution is 6.11. The number of benzene rings is 2. The van der Waals surface area contributed by atoms with Gasteiger partial charge in [-0.25, -0.2) is 0 Å². The normalized spacial score (nSPS) is 11.2. The van der Waals surface area contributed by atoms with E-state index in [0.717, 1.165) is 0 Å². The van der Waals surface area contributed by atoms with Gasteiger partial charge in [-0.15, -0.1) is 0 Å². The highest BCUT2D eigenvalue weighted by Gasteiger charge is 2.06. The van der Waals surface area contributed by atoms with Crippen LogP contribution in [-0.4, -0.2) is 25.6 Å². The minimum atomic E-state index is 0.180. The maximum Gasteiger partial charge on any atom is 0.186 e. The van der Waals surface area contributed by atoms with Crippen LogP contribution in [0.5, 0.6) is 11.5 Å². The molecule has 0 bridgehead atoms. The average Bonchev–Trinajstić information content (AvgIpc) is 2.66. The summed E-state index contributed by atoms with van der Waals surface area (Å²) in [7, 11) is 2.76. The Balaban J connectivity index is 2.13. The zero-order chi connectivity index (χ0) is 18.1. The van der Waals surface area contributed by atoms with Crippen molar-refractivity contribution in [1.82, 2.24) is 0 Å². The molecule has 0 saturated heterocycles. The van der Waals surface area contributed by atoms with Gasteiger partial charge in [0.1, 0.15) is 37.9 Å². The van der Waals surface area contributed by atoms with E-state index in [4.69, 9.17) is 15.3 Å². The average molecular weight is 334 g/mol. The number of ether oxygens (including phenoxy) is 1. The molecule has 2 aromatic carbocycles. The van der Waals surface area contributed by atoms with Gasteiger partial charge in [0, 0.05) is 11.1 Å². The first-order valence-corrected chi connectivity index (χ1v) is 7.13. The summed E-state index contributed by atoms with van der Waals surface area (Å²) >= 11 is 0. The maximum atomic E-state index is 9.01. The van der Waals surface area contributed by atoms with E-state index in [1.807, 2.05) is 12.1 Å². The smallest absolute Gasteiger partial charge is 0.186 e. The Bertz CT molecular complexity index is 784. The van der Waals surface area contributed by atoms with Gasteiger partial charge in [-0.05, 0) is 48.5 Å². The van der Waals surface area contributed by atoms with E-state index in [-0.39, 0.29) is 11.4 Å². The van der Waals surface area contributed by atoms with Gasteiger partial charge in [0.15, 0.2) is 11.4 Å². The maximum absolute atomic E-state index is 9.01. The summed E-state index contributed by atoms with van der Waals surface area (Å²) in [5, 5.41) is 25.3. The van der Waals surface area contributed by atoms with E-state index in [9.17, 15) is 0 Å². The Kier molecular flexibility index (Phi) is 6.10. The molecule has 0 spiro atoms. The monoisotopic (exact) mass is 334 g/mol. The van der Waals surface area contributed by atoms with Gasteiger partial charge in [-0.2, -0.15) is 10.5 Å². The highest BCUT2D eigenvalue weighted by Crippen LogP contribution is 2.22. The lowest BCUT2D eigenvalue weighted by Gasteiger charge is -2.07. The number of nitrogens with zero attached hydrogens (tertiary/aromatic N) is 4. The highest BCUT2D eigenvalue weighted by atomic mass is 16.6. The molecule has 0 amide bonds. The quantitative estimate of drug-likeness (QED) is 0.596. The predicted octanol–water partition coefficient (Wildman–Crippen LogP) is 3.23. The fraction of sp³-hybridized carbons (Fsp3) is 0.111. The van der Waals surface area contributed by atoms with Crippen molar-refractivity contribution >= 4 is 11.4 Å². The van der Waals surface area contributed by atoms with E-state index >= 15 is 0 Å². The van der Waals surface area contributed by atoms with Crippen LogP contribution in [0.3, 0.4) is 0 Å². The molecule has 0 saturated carbocycles. The molecule has 0 N–H and O–H groups in total. The van der Waals surface area contributed by atoms with Crippen molar-refractivity contribution in [2.45, 2.75) is 0 Å². The number of nitriles is 2. The summed E-state index contributed by atoms with van der Waals surface area (Å²) in [6, 6.07) is 17.6. The van der Waals surface area contributed by atoms with Crippen LogP contribution in [0.4, 0.5) is 0 Å². The van der Waals surface area contributed by atoms with E-state index < -0.39 is 0 Å². The molecule has 0 atom stereocenters. The zero-order valence-electron chi connectivity index (χ0n) is 13.6. The third kappa shape index (κ3) is 4.57. The molecule has 0 fully saturated rings. The molecule has 0 aliphatic carbocycles. The van der Waals surface area contributed by atoms with Crippen LogP contribution in [0.15, 0.2) is 58.8 Å². The lowest BCUT2D eigenvalue weighted by atomic mass is 10.1. The van der Waals surface area contributed by atoms with Crippen molar-refractivity contribution in [3.05, 3.63) is 59.7 Å². The first-order valence-electron chi connectivity index (χ1n) is 7.13. The van der Waals surface area contributed by atoms with E-state index in [1.54, 1.807) is 48.5 Å². The number of hydrogen-bond donors (Lipinski definition) is 0. The second kappa shape index (κ2) is 8.70. The predicted molar refractivity (Wildman–Crippen MR) is 91.3 cm³/mol. The van der Waals surface area contributed by atoms with Crippen LogP contribution < -0.4 is 4.74 Å². The summed E-state index contributed by atoms with van der Waals surface area (Å²) < 4.78 is 5.73. The molecule has 124 valence electrons. The molecule has 7 nitrogen and oxygen atoms in total. The summed E-state index contributed by atoms with van der Waals surface area (Å²) in [6.07, 6.45) is 0. The third-order valence-corrected chi connectivity index (χ3v) is 3.07. The van der Waals surface area contributed by atoms with Crippen molar-refractivity contribution in [2.75, 3.05) is 14.2 Å². The van der Waals surface area contributed by atoms with Gasteiger partial charge in [0.05, 0.1) is 0 Å². The van der Waals surface area contributed by atoms with Crippen LogP contribution in [0.25, 0.3) is 0 Å². The van der Waals surface area contributed by atoms with Gasteiger partial charge in [-0.1, -0.05) is 10.3 Å². The molecular formula is C18H14N4O3. The molecule has 0 radical (unpaired) electrons. The molecular weight excluding hydrogens is 320 g/mol. The van der Waals surface area contributed by atoms with E-state index in [1.165, 1.54) is 14.2 Å². The molecule has 2 aromatic rings. The minimum absolute atomic E-state index is 0.180. The lowest BCUT2D eigenvalue weighted by Crippen LogP contribution is -1.98.